The van der Waals surface area contributed by atoms with Gasteiger partial charge in [0, 0.05) is 11.6 Å². The Morgan fingerprint density at radius 2 is 2.21 bits per heavy atom. The first-order valence-electron chi connectivity index (χ1n) is 5.17. The van der Waals surface area contributed by atoms with Gasteiger partial charge in [-0.1, -0.05) is 44.0 Å². The van der Waals surface area contributed by atoms with Crippen LogP contribution in [0.3, 0.4) is 0 Å². The first-order valence-corrected chi connectivity index (χ1v) is 5.55. The van der Waals surface area contributed by atoms with Crippen molar-refractivity contribution in [3.63, 3.8) is 0 Å². The molecule has 0 aromatic heterocycles. The molecule has 0 spiro atoms. The third kappa shape index (κ3) is 4.12. The monoisotopic (exact) mass is 211 g/mol. The molecule has 1 rings (SSSR count). The summed E-state index contributed by atoms with van der Waals surface area (Å²) in [6.07, 6.45) is 1.22. The van der Waals surface area contributed by atoms with Gasteiger partial charge in [-0.3, -0.25) is 0 Å². The van der Waals surface area contributed by atoms with E-state index in [1.807, 2.05) is 18.2 Å². The summed E-state index contributed by atoms with van der Waals surface area (Å²) in [5, 5.41) is 4.23. The summed E-state index contributed by atoms with van der Waals surface area (Å²) >= 11 is 5.89. The minimum atomic E-state index is 0.745. The Morgan fingerprint density at radius 3 is 2.86 bits per heavy atom. The lowest BCUT2D eigenvalue weighted by Gasteiger charge is -2.09. The molecule has 0 fully saturated rings. The molecule has 1 nitrogen and oxygen atoms in total. The van der Waals surface area contributed by atoms with Crippen LogP contribution in [0.15, 0.2) is 24.3 Å². The number of hydrogen-bond acceptors (Lipinski definition) is 1. The van der Waals surface area contributed by atoms with Crippen LogP contribution in [0, 0.1) is 5.92 Å². The molecule has 1 aromatic carbocycles. The van der Waals surface area contributed by atoms with E-state index in [1.54, 1.807) is 0 Å². The van der Waals surface area contributed by atoms with E-state index in [0.717, 1.165) is 24.0 Å². The van der Waals surface area contributed by atoms with Gasteiger partial charge in [0.2, 0.25) is 0 Å². The van der Waals surface area contributed by atoms with Crippen LogP contribution < -0.4 is 5.32 Å². The highest BCUT2D eigenvalue weighted by Gasteiger charge is 1.98. The van der Waals surface area contributed by atoms with E-state index in [4.69, 9.17) is 11.6 Å². The zero-order valence-electron chi connectivity index (χ0n) is 8.89. The molecule has 0 aliphatic carbocycles. The number of nitrogens with one attached hydrogen (secondary N) is 1. The van der Waals surface area contributed by atoms with Crippen molar-refractivity contribution in [2.75, 3.05) is 6.54 Å². The van der Waals surface area contributed by atoms with E-state index in [9.17, 15) is 0 Å². The molecule has 0 unspecified atom stereocenters. The van der Waals surface area contributed by atoms with Crippen molar-refractivity contribution in [2.24, 2.45) is 5.92 Å². The van der Waals surface area contributed by atoms with Crippen molar-refractivity contribution >= 4 is 11.6 Å². The number of hydrogen-bond donors (Lipinski definition) is 1. The smallest absolute Gasteiger partial charge is 0.0409 e. The highest BCUT2D eigenvalue weighted by atomic mass is 35.5. The highest BCUT2D eigenvalue weighted by molar-refractivity contribution is 6.30. The van der Waals surface area contributed by atoms with E-state index in [0.29, 0.717) is 0 Å². The average Bonchev–Trinajstić information content (AvgIpc) is 2.17. The van der Waals surface area contributed by atoms with Gasteiger partial charge in [-0.2, -0.15) is 0 Å². The second-order valence-electron chi connectivity index (χ2n) is 3.77. The summed E-state index contributed by atoms with van der Waals surface area (Å²) in [6.45, 7) is 6.45. The Bertz CT molecular complexity index is 273. The molecule has 0 saturated carbocycles. The number of benzene rings is 1. The largest absolute Gasteiger partial charge is 0.312 e. The molecule has 1 atom stereocenters. The Kier molecular flexibility index (Phi) is 4.99. The molecular weight excluding hydrogens is 194 g/mol. The quantitative estimate of drug-likeness (QED) is 0.787. The fourth-order valence-corrected chi connectivity index (χ4v) is 1.47. The molecule has 0 radical (unpaired) electrons. The zero-order chi connectivity index (χ0) is 10.4. The van der Waals surface area contributed by atoms with Gasteiger partial charge in [-0.05, 0) is 30.2 Å². The molecule has 78 valence electrons. The van der Waals surface area contributed by atoms with Crippen molar-refractivity contribution in [3.8, 4) is 0 Å². The van der Waals surface area contributed by atoms with Gasteiger partial charge in [0.25, 0.3) is 0 Å². The molecule has 1 N–H and O–H groups in total. The van der Waals surface area contributed by atoms with E-state index in [-0.39, 0.29) is 0 Å². The second-order valence-corrected chi connectivity index (χ2v) is 4.21. The minimum absolute atomic E-state index is 0.745. The standard InChI is InChI=1S/C12H18ClN/c1-3-10(2)8-14-9-11-5-4-6-12(13)7-11/h4-7,10,14H,3,8-9H2,1-2H3/t10-/m0/s1. The Labute approximate surface area is 91.5 Å². The first kappa shape index (κ1) is 11.5. The molecule has 0 saturated heterocycles. The summed E-state index contributed by atoms with van der Waals surface area (Å²) in [4.78, 5) is 0. The second kappa shape index (κ2) is 6.05. The van der Waals surface area contributed by atoms with Gasteiger partial charge in [-0.15, -0.1) is 0 Å². The maximum atomic E-state index is 5.89. The maximum Gasteiger partial charge on any atom is 0.0409 e. The van der Waals surface area contributed by atoms with Crippen molar-refractivity contribution in [3.05, 3.63) is 34.9 Å². The molecule has 0 aliphatic rings. The van der Waals surface area contributed by atoms with Gasteiger partial charge in [0.05, 0.1) is 0 Å². The predicted molar refractivity (Wildman–Crippen MR) is 62.6 cm³/mol. The summed E-state index contributed by atoms with van der Waals surface area (Å²) in [5.74, 6) is 0.745. The van der Waals surface area contributed by atoms with Crippen LogP contribution >= 0.6 is 11.6 Å². The van der Waals surface area contributed by atoms with Crippen molar-refractivity contribution < 1.29 is 0 Å². The molecule has 1 aromatic rings. The molecule has 2 heteroatoms. The third-order valence-electron chi connectivity index (χ3n) is 2.41. The van der Waals surface area contributed by atoms with Crippen LogP contribution in [0.4, 0.5) is 0 Å². The van der Waals surface area contributed by atoms with Crippen LogP contribution in [0.1, 0.15) is 25.8 Å². The van der Waals surface area contributed by atoms with Gasteiger partial charge in [0.1, 0.15) is 0 Å². The Balaban J connectivity index is 2.31. The van der Waals surface area contributed by atoms with Crippen molar-refractivity contribution in [1.29, 1.82) is 0 Å². The maximum absolute atomic E-state index is 5.89. The molecule has 14 heavy (non-hydrogen) atoms. The van der Waals surface area contributed by atoms with Crippen LogP contribution in [0.5, 0.6) is 0 Å². The van der Waals surface area contributed by atoms with E-state index in [1.165, 1.54) is 12.0 Å². The Hall–Kier alpha value is -0.530. The highest BCUT2D eigenvalue weighted by Crippen LogP contribution is 2.10. The van der Waals surface area contributed by atoms with Crippen molar-refractivity contribution in [1.82, 2.24) is 5.32 Å². The van der Waals surface area contributed by atoms with Crippen LogP contribution in [0.25, 0.3) is 0 Å². The fraction of sp³-hybridized carbons (Fsp3) is 0.500. The van der Waals surface area contributed by atoms with Crippen LogP contribution in [-0.2, 0) is 6.54 Å². The van der Waals surface area contributed by atoms with E-state index < -0.39 is 0 Å². The van der Waals surface area contributed by atoms with Gasteiger partial charge in [0.15, 0.2) is 0 Å². The van der Waals surface area contributed by atoms with E-state index >= 15 is 0 Å². The number of halogens is 1. The van der Waals surface area contributed by atoms with Gasteiger partial charge < -0.3 is 5.32 Å². The normalized spacial score (nSPS) is 12.8. The molecule has 0 bridgehead atoms. The topological polar surface area (TPSA) is 12.0 Å². The lowest BCUT2D eigenvalue weighted by molar-refractivity contribution is 0.500. The van der Waals surface area contributed by atoms with Gasteiger partial charge in [-0.25, -0.2) is 0 Å². The van der Waals surface area contributed by atoms with Crippen LogP contribution in [0.2, 0.25) is 5.02 Å². The summed E-state index contributed by atoms with van der Waals surface area (Å²) in [7, 11) is 0. The van der Waals surface area contributed by atoms with E-state index in [2.05, 4.69) is 25.2 Å². The average molecular weight is 212 g/mol. The fourth-order valence-electron chi connectivity index (χ4n) is 1.25. The first-order chi connectivity index (χ1) is 6.72. The SMILES string of the molecule is CC[C@H](C)CNCc1cccc(Cl)c1. The minimum Gasteiger partial charge on any atom is -0.312 e. The zero-order valence-corrected chi connectivity index (χ0v) is 9.64. The third-order valence-corrected chi connectivity index (χ3v) is 2.64. The Morgan fingerprint density at radius 1 is 1.43 bits per heavy atom. The lowest BCUT2D eigenvalue weighted by atomic mass is 10.1. The summed E-state index contributed by atoms with van der Waals surface area (Å²) < 4.78 is 0. The van der Waals surface area contributed by atoms with Gasteiger partial charge >= 0.3 is 0 Å². The number of rotatable bonds is 5. The molecule has 0 amide bonds. The molecular formula is C12H18ClN. The summed E-state index contributed by atoms with van der Waals surface area (Å²) in [5.41, 5.74) is 1.25. The lowest BCUT2D eigenvalue weighted by Crippen LogP contribution is -2.20. The van der Waals surface area contributed by atoms with Crippen molar-refractivity contribution in [2.45, 2.75) is 26.8 Å². The summed E-state index contributed by atoms with van der Waals surface area (Å²) in [6, 6.07) is 7.99. The van der Waals surface area contributed by atoms with Crippen LogP contribution in [-0.4, -0.2) is 6.54 Å². The molecule has 0 aliphatic heterocycles. The predicted octanol–water partition coefficient (Wildman–Crippen LogP) is 3.48. The molecule has 0 heterocycles.